The van der Waals surface area contributed by atoms with E-state index < -0.39 is 5.82 Å². The molecule has 1 saturated heterocycles. The van der Waals surface area contributed by atoms with Crippen LogP contribution in [0.3, 0.4) is 0 Å². The van der Waals surface area contributed by atoms with Gasteiger partial charge in [0, 0.05) is 25.6 Å². The number of ether oxygens (including phenoxy) is 1. The molecule has 1 aromatic carbocycles. The molecule has 2 heterocycles. The zero-order valence-corrected chi connectivity index (χ0v) is 12.6. The van der Waals surface area contributed by atoms with E-state index in [9.17, 15) is 9.18 Å². The Labute approximate surface area is 128 Å². The highest BCUT2D eigenvalue weighted by atomic mass is 19.1. The number of pyridine rings is 1. The summed E-state index contributed by atoms with van der Waals surface area (Å²) >= 11 is 0. The second kappa shape index (κ2) is 6.40. The van der Waals surface area contributed by atoms with E-state index in [1.54, 1.807) is 36.2 Å². The summed E-state index contributed by atoms with van der Waals surface area (Å²) < 4.78 is 19.4. The fourth-order valence-electron chi connectivity index (χ4n) is 2.77. The van der Waals surface area contributed by atoms with Gasteiger partial charge in [-0.2, -0.15) is 0 Å². The van der Waals surface area contributed by atoms with Gasteiger partial charge in [-0.1, -0.05) is 18.2 Å². The Kier molecular flexibility index (Phi) is 4.34. The second-order valence-corrected chi connectivity index (χ2v) is 5.68. The summed E-state index contributed by atoms with van der Waals surface area (Å²) in [6.07, 6.45) is 3.27. The number of benzene rings is 1. The van der Waals surface area contributed by atoms with Gasteiger partial charge in [0.2, 0.25) is 0 Å². The molecule has 0 bridgehead atoms. The molecule has 22 heavy (non-hydrogen) atoms. The largest absolute Gasteiger partial charge is 0.376 e. The summed E-state index contributed by atoms with van der Waals surface area (Å²) in [5.74, 6) is -0.621. The Balaban J connectivity index is 1.77. The van der Waals surface area contributed by atoms with Crippen LogP contribution in [0.5, 0.6) is 0 Å². The molecule has 0 unspecified atom stereocenters. The first kappa shape index (κ1) is 14.9. The number of carbonyl (C=O) groups is 1. The number of nitrogens with zero attached hydrogens (tertiary/aromatic N) is 2. The standard InChI is InChI=1S/C17H19FN2O2/c1-20(11-13-6-2-3-10-22-13)17(21)15-9-8-12-5-4-7-14(18)16(12)19-15/h4-5,7-9,13H,2-3,6,10-11H2,1H3/t13-/m0/s1. The summed E-state index contributed by atoms with van der Waals surface area (Å²) in [5, 5.41) is 0.690. The number of likely N-dealkylation sites (N-methyl/N-ethyl adjacent to an activating group) is 1. The van der Waals surface area contributed by atoms with Gasteiger partial charge in [0.25, 0.3) is 5.91 Å². The lowest BCUT2D eigenvalue weighted by Gasteiger charge is -2.27. The third kappa shape index (κ3) is 3.09. The Morgan fingerprint density at radius 2 is 2.23 bits per heavy atom. The first-order valence-electron chi connectivity index (χ1n) is 7.57. The van der Waals surface area contributed by atoms with Crippen molar-refractivity contribution in [3.8, 4) is 0 Å². The molecule has 0 aliphatic carbocycles. The molecule has 5 heteroatoms. The zero-order chi connectivity index (χ0) is 15.5. The van der Waals surface area contributed by atoms with E-state index in [1.165, 1.54) is 6.07 Å². The van der Waals surface area contributed by atoms with Gasteiger partial charge in [0.05, 0.1) is 6.10 Å². The highest BCUT2D eigenvalue weighted by Gasteiger charge is 2.20. The minimum atomic E-state index is -0.412. The number of carbonyl (C=O) groups excluding carboxylic acids is 1. The van der Waals surface area contributed by atoms with E-state index >= 15 is 0 Å². The first-order valence-corrected chi connectivity index (χ1v) is 7.57. The summed E-state index contributed by atoms with van der Waals surface area (Å²) in [5.41, 5.74) is 0.492. The minimum Gasteiger partial charge on any atom is -0.376 e. The Morgan fingerprint density at radius 1 is 1.36 bits per heavy atom. The lowest BCUT2D eigenvalue weighted by Crippen LogP contribution is -2.37. The van der Waals surface area contributed by atoms with Gasteiger partial charge in [0.15, 0.2) is 0 Å². The van der Waals surface area contributed by atoms with E-state index in [0.717, 1.165) is 25.9 Å². The molecule has 0 spiro atoms. The number of hydrogen-bond donors (Lipinski definition) is 0. The lowest BCUT2D eigenvalue weighted by atomic mass is 10.1. The molecule has 0 N–H and O–H groups in total. The van der Waals surface area contributed by atoms with Crippen LogP contribution >= 0.6 is 0 Å². The van der Waals surface area contributed by atoms with Crippen LogP contribution in [0.4, 0.5) is 4.39 Å². The van der Waals surface area contributed by atoms with Crippen LogP contribution in [0, 0.1) is 5.82 Å². The number of para-hydroxylation sites is 1. The van der Waals surface area contributed by atoms with Crippen molar-refractivity contribution in [2.24, 2.45) is 0 Å². The number of hydrogen-bond acceptors (Lipinski definition) is 3. The summed E-state index contributed by atoms with van der Waals surface area (Å²) in [6.45, 7) is 1.29. The average molecular weight is 302 g/mol. The molecule has 1 aromatic heterocycles. The number of amides is 1. The lowest BCUT2D eigenvalue weighted by molar-refractivity contribution is -0.000282. The fraction of sp³-hybridized carbons (Fsp3) is 0.412. The van der Waals surface area contributed by atoms with Crippen molar-refractivity contribution in [3.05, 3.63) is 41.8 Å². The second-order valence-electron chi connectivity index (χ2n) is 5.68. The third-order valence-corrected chi connectivity index (χ3v) is 3.99. The van der Waals surface area contributed by atoms with Gasteiger partial charge in [-0.15, -0.1) is 0 Å². The topological polar surface area (TPSA) is 42.4 Å². The van der Waals surface area contributed by atoms with E-state index in [-0.39, 0.29) is 23.2 Å². The van der Waals surface area contributed by atoms with Crippen molar-refractivity contribution in [2.45, 2.75) is 25.4 Å². The van der Waals surface area contributed by atoms with Gasteiger partial charge < -0.3 is 9.64 Å². The molecule has 3 rings (SSSR count). The third-order valence-electron chi connectivity index (χ3n) is 3.99. The Bertz CT molecular complexity index is 683. The van der Waals surface area contributed by atoms with Gasteiger partial charge in [0.1, 0.15) is 17.0 Å². The van der Waals surface area contributed by atoms with Gasteiger partial charge in [-0.25, -0.2) is 9.37 Å². The molecule has 1 amide bonds. The van der Waals surface area contributed by atoms with Crippen molar-refractivity contribution in [1.29, 1.82) is 0 Å². The molecule has 0 saturated carbocycles. The number of aromatic nitrogens is 1. The average Bonchev–Trinajstić information content (AvgIpc) is 2.55. The molecule has 1 atom stereocenters. The van der Waals surface area contributed by atoms with Crippen molar-refractivity contribution >= 4 is 16.8 Å². The minimum absolute atomic E-state index is 0.0832. The summed E-state index contributed by atoms with van der Waals surface area (Å²) in [4.78, 5) is 18.2. The molecular weight excluding hydrogens is 283 g/mol. The zero-order valence-electron chi connectivity index (χ0n) is 12.6. The Hall–Kier alpha value is -2.01. The van der Waals surface area contributed by atoms with Crippen LogP contribution in [-0.4, -0.2) is 42.1 Å². The van der Waals surface area contributed by atoms with Crippen molar-refractivity contribution in [2.75, 3.05) is 20.2 Å². The number of rotatable bonds is 3. The smallest absolute Gasteiger partial charge is 0.272 e. The van der Waals surface area contributed by atoms with E-state index in [4.69, 9.17) is 4.74 Å². The van der Waals surface area contributed by atoms with Crippen LogP contribution in [0.25, 0.3) is 10.9 Å². The van der Waals surface area contributed by atoms with Crippen molar-refractivity contribution in [1.82, 2.24) is 9.88 Å². The molecule has 116 valence electrons. The van der Waals surface area contributed by atoms with Crippen LogP contribution in [0.15, 0.2) is 30.3 Å². The normalized spacial score (nSPS) is 18.4. The summed E-state index contributed by atoms with van der Waals surface area (Å²) in [7, 11) is 1.73. The number of fused-ring (bicyclic) bond motifs is 1. The maximum Gasteiger partial charge on any atom is 0.272 e. The number of halogens is 1. The Morgan fingerprint density at radius 3 is 3.00 bits per heavy atom. The van der Waals surface area contributed by atoms with Crippen LogP contribution in [-0.2, 0) is 4.74 Å². The van der Waals surface area contributed by atoms with Crippen molar-refractivity contribution < 1.29 is 13.9 Å². The highest BCUT2D eigenvalue weighted by Crippen LogP contribution is 2.18. The van der Waals surface area contributed by atoms with Crippen LogP contribution < -0.4 is 0 Å². The first-order chi connectivity index (χ1) is 10.6. The van der Waals surface area contributed by atoms with Crippen LogP contribution in [0.2, 0.25) is 0 Å². The molecule has 0 radical (unpaired) electrons. The van der Waals surface area contributed by atoms with Crippen LogP contribution in [0.1, 0.15) is 29.8 Å². The molecule has 2 aromatic rings. The predicted molar refractivity (Wildman–Crippen MR) is 82.3 cm³/mol. The predicted octanol–water partition coefficient (Wildman–Crippen LogP) is 3.02. The molecule has 4 nitrogen and oxygen atoms in total. The maximum absolute atomic E-state index is 13.8. The maximum atomic E-state index is 13.8. The van der Waals surface area contributed by atoms with E-state index in [0.29, 0.717) is 11.9 Å². The molecule has 1 aliphatic rings. The SMILES string of the molecule is CN(C[C@@H]1CCCCO1)C(=O)c1ccc2cccc(F)c2n1. The molecular formula is C17H19FN2O2. The summed E-state index contributed by atoms with van der Waals surface area (Å²) in [6, 6.07) is 8.13. The van der Waals surface area contributed by atoms with Gasteiger partial charge in [-0.05, 0) is 31.4 Å². The fourth-order valence-corrected chi connectivity index (χ4v) is 2.77. The van der Waals surface area contributed by atoms with Gasteiger partial charge >= 0.3 is 0 Å². The van der Waals surface area contributed by atoms with Crippen molar-refractivity contribution in [3.63, 3.8) is 0 Å². The quantitative estimate of drug-likeness (QED) is 0.875. The highest BCUT2D eigenvalue weighted by molar-refractivity contribution is 5.94. The monoisotopic (exact) mass is 302 g/mol. The van der Waals surface area contributed by atoms with E-state index in [1.807, 2.05) is 0 Å². The molecule has 1 aliphatic heterocycles. The van der Waals surface area contributed by atoms with E-state index in [2.05, 4.69) is 4.98 Å². The molecule has 1 fully saturated rings. The van der Waals surface area contributed by atoms with Gasteiger partial charge in [-0.3, -0.25) is 4.79 Å².